The predicted molar refractivity (Wildman–Crippen MR) is 82.2 cm³/mol. The van der Waals surface area contributed by atoms with Gasteiger partial charge in [0.05, 0.1) is 0 Å². The van der Waals surface area contributed by atoms with Crippen LogP contribution in [-0.4, -0.2) is 30.1 Å². The van der Waals surface area contributed by atoms with Crippen molar-refractivity contribution >= 4 is 0 Å². The fourth-order valence-corrected chi connectivity index (χ4v) is 3.10. The summed E-state index contributed by atoms with van der Waals surface area (Å²) >= 11 is 0. The molecule has 3 unspecified atom stereocenters. The summed E-state index contributed by atoms with van der Waals surface area (Å²) in [7, 11) is 0. The van der Waals surface area contributed by atoms with Crippen LogP contribution < -0.4 is 5.32 Å². The van der Waals surface area contributed by atoms with Gasteiger partial charge in [0.15, 0.2) is 0 Å². The minimum atomic E-state index is -0.141. The fourth-order valence-electron chi connectivity index (χ4n) is 3.10. The van der Waals surface area contributed by atoms with Gasteiger partial charge in [-0.25, -0.2) is 4.39 Å². The van der Waals surface area contributed by atoms with Crippen LogP contribution in [0.3, 0.4) is 0 Å². The van der Waals surface area contributed by atoms with Crippen LogP contribution in [0.25, 0.3) is 0 Å². The number of nitrogens with zero attached hydrogens (tertiary/aromatic N) is 1. The molecule has 1 heterocycles. The molecule has 0 bridgehead atoms. The molecule has 1 aliphatic heterocycles. The van der Waals surface area contributed by atoms with Gasteiger partial charge in [0.1, 0.15) is 5.82 Å². The molecule has 0 saturated carbocycles. The lowest BCUT2D eigenvalue weighted by molar-refractivity contribution is 0.0735. The third kappa shape index (κ3) is 3.39. The van der Waals surface area contributed by atoms with E-state index in [2.05, 4.69) is 37.9 Å². The molecule has 1 N–H and O–H groups in total. The Labute approximate surface area is 122 Å². The Hall–Kier alpha value is -0.930. The van der Waals surface area contributed by atoms with E-state index < -0.39 is 0 Å². The summed E-state index contributed by atoms with van der Waals surface area (Å²) in [5.74, 6) is 0.480. The highest BCUT2D eigenvalue weighted by atomic mass is 19.1. The van der Waals surface area contributed by atoms with Gasteiger partial charge in [0.25, 0.3) is 0 Å². The van der Waals surface area contributed by atoms with E-state index in [9.17, 15) is 4.39 Å². The van der Waals surface area contributed by atoms with Crippen molar-refractivity contribution in [1.82, 2.24) is 10.2 Å². The van der Waals surface area contributed by atoms with Gasteiger partial charge in [-0.3, -0.25) is 4.90 Å². The van der Waals surface area contributed by atoms with Crippen molar-refractivity contribution in [2.75, 3.05) is 13.1 Å². The molecule has 0 aliphatic carbocycles. The van der Waals surface area contributed by atoms with Crippen molar-refractivity contribution in [2.45, 2.75) is 52.2 Å². The maximum atomic E-state index is 13.4. The summed E-state index contributed by atoms with van der Waals surface area (Å²) in [5.41, 5.74) is 1.08. The van der Waals surface area contributed by atoms with E-state index in [0.717, 1.165) is 25.1 Å². The van der Waals surface area contributed by atoms with Gasteiger partial charge in [-0.05, 0) is 37.0 Å². The fraction of sp³-hybridized carbons (Fsp3) is 0.647. The van der Waals surface area contributed by atoms with E-state index in [0.29, 0.717) is 18.0 Å². The standard InChI is InChI=1S/C17H27FN2/c1-5-16-10-19-17(12(2)3)11-20(16)13(4)14-7-6-8-15(18)9-14/h6-9,12-13,16-17,19H,5,10-11H2,1-4H3. The molecule has 0 spiro atoms. The quantitative estimate of drug-likeness (QED) is 0.905. The van der Waals surface area contributed by atoms with E-state index in [1.165, 1.54) is 6.07 Å². The van der Waals surface area contributed by atoms with Gasteiger partial charge >= 0.3 is 0 Å². The van der Waals surface area contributed by atoms with Crippen molar-refractivity contribution in [3.05, 3.63) is 35.6 Å². The van der Waals surface area contributed by atoms with Gasteiger partial charge in [-0.15, -0.1) is 0 Å². The van der Waals surface area contributed by atoms with Gasteiger partial charge in [-0.2, -0.15) is 0 Å². The SMILES string of the molecule is CCC1CNC(C(C)C)CN1C(C)c1cccc(F)c1. The second-order valence-corrected chi connectivity index (χ2v) is 6.25. The highest BCUT2D eigenvalue weighted by Crippen LogP contribution is 2.27. The molecule has 1 fully saturated rings. The molecule has 20 heavy (non-hydrogen) atoms. The molecule has 1 aliphatic rings. The van der Waals surface area contributed by atoms with Crippen LogP contribution in [0.5, 0.6) is 0 Å². The van der Waals surface area contributed by atoms with Crippen molar-refractivity contribution < 1.29 is 4.39 Å². The average Bonchev–Trinajstić information content (AvgIpc) is 2.45. The second kappa shape index (κ2) is 6.68. The third-order valence-corrected chi connectivity index (χ3v) is 4.60. The van der Waals surface area contributed by atoms with Gasteiger partial charge in [0, 0.05) is 31.2 Å². The number of hydrogen-bond donors (Lipinski definition) is 1. The average molecular weight is 278 g/mol. The lowest BCUT2D eigenvalue weighted by Gasteiger charge is -2.45. The van der Waals surface area contributed by atoms with Crippen molar-refractivity contribution in [3.63, 3.8) is 0 Å². The molecule has 2 rings (SSSR count). The van der Waals surface area contributed by atoms with E-state index in [1.807, 2.05) is 12.1 Å². The van der Waals surface area contributed by atoms with E-state index >= 15 is 0 Å². The highest BCUT2D eigenvalue weighted by molar-refractivity contribution is 5.20. The number of benzene rings is 1. The van der Waals surface area contributed by atoms with Crippen LogP contribution in [0.1, 0.15) is 45.7 Å². The zero-order valence-corrected chi connectivity index (χ0v) is 13.1. The molecule has 112 valence electrons. The zero-order valence-electron chi connectivity index (χ0n) is 13.1. The summed E-state index contributed by atoms with van der Waals surface area (Å²) in [6.07, 6.45) is 1.12. The molecule has 2 nitrogen and oxygen atoms in total. The Balaban J connectivity index is 2.17. The minimum Gasteiger partial charge on any atom is -0.311 e. The van der Waals surface area contributed by atoms with Crippen LogP contribution in [0, 0.1) is 11.7 Å². The van der Waals surface area contributed by atoms with E-state index in [1.54, 1.807) is 6.07 Å². The maximum absolute atomic E-state index is 13.4. The first-order chi connectivity index (χ1) is 9.52. The topological polar surface area (TPSA) is 15.3 Å². The summed E-state index contributed by atoms with van der Waals surface area (Å²) in [4.78, 5) is 2.54. The molecule has 3 atom stereocenters. The minimum absolute atomic E-state index is 0.141. The first-order valence-electron chi connectivity index (χ1n) is 7.77. The Bertz CT molecular complexity index is 433. The largest absolute Gasteiger partial charge is 0.311 e. The molecule has 0 aromatic heterocycles. The predicted octanol–water partition coefficient (Wildman–Crippen LogP) is 3.60. The molecular formula is C17H27FN2. The van der Waals surface area contributed by atoms with E-state index in [-0.39, 0.29) is 11.9 Å². The second-order valence-electron chi connectivity index (χ2n) is 6.25. The molecular weight excluding hydrogens is 251 g/mol. The summed E-state index contributed by atoms with van der Waals surface area (Å²) in [6.45, 7) is 11.0. The molecule has 3 heteroatoms. The highest BCUT2D eigenvalue weighted by Gasteiger charge is 2.31. The monoisotopic (exact) mass is 278 g/mol. The number of halogens is 1. The number of nitrogens with one attached hydrogen (secondary N) is 1. The normalized spacial score (nSPS) is 25.9. The molecule has 1 saturated heterocycles. The van der Waals surface area contributed by atoms with Gasteiger partial charge in [0.2, 0.25) is 0 Å². The zero-order chi connectivity index (χ0) is 14.7. The van der Waals surface area contributed by atoms with Gasteiger partial charge in [-0.1, -0.05) is 32.9 Å². The number of piperazine rings is 1. The first-order valence-corrected chi connectivity index (χ1v) is 7.77. The van der Waals surface area contributed by atoms with Crippen LogP contribution in [0.2, 0.25) is 0 Å². The Morgan fingerprint density at radius 1 is 1.35 bits per heavy atom. The first kappa shape index (κ1) is 15.5. The summed E-state index contributed by atoms with van der Waals surface area (Å²) in [6, 6.07) is 8.35. The van der Waals surface area contributed by atoms with E-state index in [4.69, 9.17) is 0 Å². The third-order valence-electron chi connectivity index (χ3n) is 4.60. The molecule has 1 aromatic carbocycles. The lowest BCUT2D eigenvalue weighted by atomic mass is 9.95. The number of hydrogen-bond acceptors (Lipinski definition) is 2. The Kier molecular flexibility index (Phi) is 5.17. The van der Waals surface area contributed by atoms with Crippen molar-refractivity contribution in [2.24, 2.45) is 5.92 Å². The maximum Gasteiger partial charge on any atom is 0.123 e. The summed E-state index contributed by atoms with van der Waals surface area (Å²) in [5, 5.41) is 3.65. The molecule has 0 radical (unpaired) electrons. The number of rotatable bonds is 4. The van der Waals surface area contributed by atoms with Crippen LogP contribution in [-0.2, 0) is 0 Å². The smallest absolute Gasteiger partial charge is 0.123 e. The Morgan fingerprint density at radius 3 is 2.70 bits per heavy atom. The van der Waals surface area contributed by atoms with Gasteiger partial charge < -0.3 is 5.32 Å². The van der Waals surface area contributed by atoms with Crippen LogP contribution in [0.15, 0.2) is 24.3 Å². The summed E-state index contributed by atoms with van der Waals surface area (Å²) < 4.78 is 13.4. The lowest BCUT2D eigenvalue weighted by Crippen LogP contribution is -2.58. The van der Waals surface area contributed by atoms with Crippen molar-refractivity contribution in [1.29, 1.82) is 0 Å². The van der Waals surface area contributed by atoms with Crippen LogP contribution in [0.4, 0.5) is 4.39 Å². The molecule has 0 amide bonds. The van der Waals surface area contributed by atoms with Crippen LogP contribution >= 0.6 is 0 Å². The van der Waals surface area contributed by atoms with Crippen molar-refractivity contribution in [3.8, 4) is 0 Å². The Morgan fingerprint density at radius 2 is 2.10 bits per heavy atom. The molecule has 1 aromatic rings.